The average molecular weight is 362 g/mol. The number of nitrogens with zero attached hydrogens (tertiary/aromatic N) is 2. The monoisotopic (exact) mass is 362 g/mol. The molecule has 2 aromatic carbocycles. The van der Waals surface area contributed by atoms with Gasteiger partial charge in [-0.3, -0.25) is 4.79 Å². The maximum absolute atomic E-state index is 12.6. The van der Waals surface area contributed by atoms with Gasteiger partial charge < -0.3 is 15.4 Å². The first-order chi connectivity index (χ1) is 13.0. The summed E-state index contributed by atoms with van der Waals surface area (Å²) in [5.74, 6) is 1.45. The predicted octanol–water partition coefficient (Wildman–Crippen LogP) is 4.41. The maximum Gasteiger partial charge on any atom is 0.274 e. The lowest BCUT2D eigenvalue weighted by atomic mass is 10.1. The molecule has 0 unspecified atom stereocenters. The molecule has 3 rings (SSSR count). The van der Waals surface area contributed by atoms with Crippen LogP contribution in [-0.4, -0.2) is 23.0 Å². The molecule has 0 saturated heterocycles. The van der Waals surface area contributed by atoms with E-state index >= 15 is 0 Å². The zero-order chi connectivity index (χ0) is 19.4. The van der Waals surface area contributed by atoms with E-state index < -0.39 is 0 Å². The molecule has 0 bridgehead atoms. The Kier molecular flexibility index (Phi) is 5.35. The third-order valence-corrected chi connectivity index (χ3v) is 4.27. The van der Waals surface area contributed by atoms with E-state index in [1.165, 1.54) is 5.56 Å². The Balaban J connectivity index is 1.84. The summed E-state index contributed by atoms with van der Waals surface area (Å²) < 4.78 is 5.18. The van der Waals surface area contributed by atoms with Crippen LogP contribution in [0.4, 0.5) is 17.2 Å². The molecule has 0 aliphatic heterocycles. The van der Waals surface area contributed by atoms with E-state index in [4.69, 9.17) is 4.74 Å². The third kappa shape index (κ3) is 4.41. The van der Waals surface area contributed by atoms with Gasteiger partial charge in [-0.2, -0.15) is 0 Å². The van der Waals surface area contributed by atoms with Gasteiger partial charge in [-0.25, -0.2) is 9.97 Å². The van der Waals surface area contributed by atoms with Crippen molar-refractivity contribution in [1.29, 1.82) is 0 Å². The minimum Gasteiger partial charge on any atom is -0.497 e. The number of amides is 1. The lowest BCUT2D eigenvalue weighted by molar-refractivity contribution is 0.102. The van der Waals surface area contributed by atoms with Gasteiger partial charge in [0.1, 0.15) is 23.1 Å². The van der Waals surface area contributed by atoms with Crippen LogP contribution in [0, 0.1) is 20.8 Å². The molecule has 0 aliphatic carbocycles. The van der Waals surface area contributed by atoms with E-state index in [9.17, 15) is 4.79 Å². The molecule has 3 aromatic rings. The molecular weight excluding hydrogens is 340 g/mol. The Hall–Kier alpha value is -3.41. The van der Waals surface area contributed by atoms with Crippen LogP contribution in [0.1, 0.15) is 27.4 Å². The molecule has 0 radical (unpaired) electrons. The van der Waals surface area contributed by atoms with Gasteiger partial charge >= 0.3 is 0 Å². The van der Waals surface area contributed by atoms with Crippen LogP contribution in [0.5, 0.6) is 5.75 Å². The first-order valence-electron chi connectivity index (χ1n) is 8.60. The first kappa shape index (κ1) is 18.4. The van der Waals surface area contributed by atoms with Gasteiger partial charge in [0.2, 0.25) is 0 Å². The summed E-state index contributed by atoms with van der Waals surface area (Å²) in [7, 11) is 1.58. The summed E-state index contributed by atoms with van der Waals surface area (Å²) in [6, 6.07) is 14.8. The van der Waals surface area contributed by atoms with Crippen LogP contribution in [0.15, 0.2) is 48.5 Å². The van der Waals surface area contributed by atoms with Crippen LogP contribution in [0.2, 0.25) is 0 Å². The van der Waals surface area contributed by atoms with Gasteiger partial charge in [-0.1, -0.05) is 18.2 Å². The second-order valence-electron chi connectivity index (χ2n) is 6.24. The van der Waals surface area contributed by atoms with Crippen molar-refractivity contribution in [3.63, 3.8) is 0 Å². The van der Waals surface area contributed by atoms with E-state index in [1.807, 2.05) is 31.2 Å². The standard InChI is InChI=1S/C21H22N4O2/c1-13-7-5-10-18(14(13)2)25-20-12-19(22-15(3)23-20)21(26)24-16-8-6-9-17(11-16)27-4/h5-12H,1-4H3,(H,24,26)(H,22,23,25). The number of hydrogen-bond acceptors (Lipinski definition) is 5. The fraction of sp³-hybridized carbons (Fsp3) is 0.190. The number of carbonyl (C=O) groups excluding carboxylic acids is 1. The van der Waals surface area contributed by atoms with Crippen molar-refractivity contribution >= 4 is 23.1 Å². The van der Waals surface area contributed by atoms with Crippen LogP contribution in [0.25, 0.3) is 0 Å². The fourth-order valence-corrected chi connectivity index (χ4v) is 2.67. The zero-order valence-electron chi connectivity index (χ0n) is 15.8. The number of benzene rings is 2. The number of nitrogens with one attached hydrogen (secondary N) is 2. The van der Waals surface area contributed by atoms with Crippen molar-refractivity contribution in [2.24, 2.45) is 0 Å². The smallest absolute Gasteiger partial charge is 0.274 e. The first-order valence-corrected chi connectivity index (χ1v) is 8.60. The third-order valence-electron chi connectivity index (χ3n) is 4.27. The van der Waals surface area contributed by atoms with E-state index in [-0.39, 0.29) is 11.6 Å². The Morgan fingerprint density at radius 1 is 1.00 bits per heavy atom. The highest BCUT2D eigenvalue weighted by atomic mass is 16.5. The summed E-state index contributed by atoms with van der Waals surface area (Å²) in [4.78, 5) is 21.3. The lowest BCUT2D eigenvalue weighted by Crippen LogP contribution is -2.15. The van der Waals surface area contributed by atoms with E-state index in [1.54, 1.807) is 32.2 Å². The number of anilines is 3. The molecule has 1 aromatic heterocycles. The molecule has 2 N–H and O–H groups in total. The molecule has 6 nitrogen and oxygen atoms in total. The van der Waals surface area contributed by atoms with Crippen molar-refractivity contribution in [1.82, 2.24) is 9.97 Å². The molecular formula is C21H22N4O2. The number of hydrogen-bond donors (Lipinski definition) is 2. The molecule has 0 fully saturated rings. The van der Waals surface area contributed by atoms with Crippen molar-refractivity contribution in [3.8, 4) is 5.75 Å². The number of ether oxygens (including phenoxy) is 1. The topological polar surface area (TPSA) is 76.1 Å². The number of methoxy groups -OCH3 is 1. The van der Waals surface area contributed by atoms with Gasteiger partial charge in [0, 0.05) is 23.5 Å². The molecule has 0 spiro atoms. The van der Waals surface area contributed by atoms with Crippen molar-refractivity contribution in [3.05, 3.63) is 71.2 Å². The Labute approximate surface area is 158 Å². The molecule has 0 aliphatic rings. The highest BCUT2D eigenvalue weighted by Gasteiger charge is 2.12. The fourth-order valence-electron chi connectivity index (χ4n) is 2.67. The normalized spacial score (nSPS) is 10.4. The van der Waals surface area contributed by atoms with Crippen LogP contribution < -0.4 is 15.4 Å². The summed E-state index contributed by atoms with van der Waals surface area (Å²) in [6.45, 7) is 5.86. The summed E-state index contributed by atoms with van der Waals surface area (Å²) in [5, 5.41) is 6.11. The Bertz CT molecular complexity index is 986. The van der Waals surface area contributed by atoms with E-state index in [0.717, 1.165) is 11.3 Å². The minimum atomic E-state index is -0.308. The number of aryl methyl sites for hydroxylation is 2. The van der Waals surface area contributed by atoms with Crippen molar-refractivity contribution < 1.29 is 9.53 Å². The lowest BCUT2D eigenvalue weighted by Gasteiger charge is -2.12. The second kappa shape index (κ2) is 7.86. The second-order valence-corrected chi connectivity index (χ2v) is 6.24. The zero-order valence-corrected chi connectivity index (χ0v) is 15.8. The molecule has 1 heterocycles. The molecule has 6 heteroatoms. The minimum absolute atomic E-state index is 0.290. The molecule has 1 amide bonds. The predicted molar refractivity (Wildman–Crippen MR) is 107 cm³/mol. The quantitative estimate of drug-likeness (QED) is 0.703. The Morgan fingerprint density at radius 3 is 2.56 bits per heavy atom. The van der Waals surface area contributed by atoms with Gasteiger partial charge in [0.25, 0.3) is 5.91 Å². The molecule has 0 atom stereocenters. The maximum atomic E-state index is 12.6. The van der Waals surface area contributed by atoms with Crippen molar-refractivity contribution in [2.75, 3.05) is 17.7 Å². The number of rotatable bonds is 5. The van der Waals surface area contributed by atoms with Gasteiger partial charge in [-0.05, 0) is 50.1 Å². The summed E-state index contributed by atoms with van der Waals surface area (Å²) >= 11 is 0. The summed E-state index contributed by atoms with van der Waals surface area (Å²) in [6.07, 6.45) is 0. The van der Waals surface area contributed by atoms with Gasteiger partial charge in [-0.15, -0.1) is 0 Å². The molecule has 138 valence electrons. The molecule has 27 heavy (non-hydrogen) atoms. The highest BCUT2D eigenvalue weighted by Crippen LogP contribution is 2.23. The average Bonchev–Trinajstić information content (AvgIpc) is 2.65. The van der Waals surface area contributed by atoms with E-state index in [0.29, 0.717) is 23.1 Å². The highest BCUT2D eigenvalue weighted by molar-refractivity contribution is 6.03. The Morgan fingerprint density at radius 2 is 1.78 bits per heavy atom. The van der Waals surface area contributed by atoms with Crippen LogP contribution in [0.3, 0.4) is 0 Å². The number of aromatic nitrogens is 2. The molecule has 0 saturated carbocycles. The van der Waals surface area contributed by atoms with Gasteiger partial charge in [0.15, 0.2) is 0 Å². The van der Waals surface area contributed by atoms with Crippen LogP contribution in [-0.2, 0) is 0 Å². The SMILES string of the molecule is COc1cccc(NC(=O)c2cc(Nc3cccc(C)c3C)nc(C)n2)c1. The van der Waals surface area contributed by atoms with E-state index in [2.05, 4.69) is 33.6 Å². The number of carbonyl (C=O) groups is 1. The largest absolute Gasteiger partial charge is 0.497 e. The van der Waals surface area contributed by atoms with Crippen LogP contribution >= 0.6 is 0 Å². The van der Waals surface area contributed by atoms with Crippen molar-refractivity contribution in [2.45, 2.75) is 20.8 Å². The van der Waals surface area contributed by atoms with Gasteiger partial charge in [0.05, 0.1) is 7.11 Å². The summed E-state index contributed by atoms with van der Waals surface area (Å²) in [5.41, 5.74) is 4.20.